The average molecular weight is 543 g/mol. The molecule has 37 heavy (non-hydrogen) atoms. The van der Waals surface area contributed by atoms with E-state index in [1.807, 2.05) is 17.4 Å². The molecule has 0 aliphatic carbocycles. The maximum absolute atomic E-state index is 13.0. The maximum Gasteiger partial charge on any atom is 0.227 e. The molecule has 2 unspecified atom stereocenters. The Morgan fingerprint density at radius 1 is 1.19 bits per heavy atom. The summed E-state index contributed by atoms with van der Waals surface area (Å²) in [4.78, 5) is 26.4. The van der Waals surface area contributed by atoms with Gasteiger partial charge in [-0.25, -0.2) is 9.19 Å². The second-order valence-corrected chi connectivity index (χ2v) is 14.7. The largest absolute Gasteiger partial charge is 0.364 e. The summed E-state index contributed by atoms with van der Waals surface area (Å²) in [5.74, 6) is 6.03. The molecule has 2 saturated heterocycles. The number of fused-ring (bicyclic) bond motifs is 3. The SMILES string of the molecule is C=S(C)(=O)N1CC2(CCN(c3nc4c(c(N[C@H]5CCC(=O)N(C)C5)n3)S(=O)CC4)CC2)c2ccccc21. The molecule has 9 nitrogen and oxygen atoms in total. The smallest absolute Gasteiger partial charge is 0.227 e. The van der Waals surface area contributed by atoms with Crippen LogP contribution in [0.15, 0.2) is 29.2 Å². The summed E-state index contributed by atoms with van der Waals surface area (Å²) in [6.45, 7) is 2.89. The Morgan fingerprint density at radius 2 is 1.95 bits per heavy atom. The number of nitrogens with zero attached hydrogens (tertiary/aromatic N) is 5. The van der Waals surface area contributed by atoms with Crippen LogP contribution in [0.1, 0.15) is 36.9 Å². The van der Waals surface area contributed by atoms with Crippen LogP contribution < -0.4 is 14.5 Å². The number of likely N-dealkylation sites (tertiary alicyclic amines) is 1. The number of aromatic nitrogens is 2. The standard InChI is InChI=1S/C26H34N6O3S2/c1-30-16-18(8-9-22(30)33)27-24-23-20(10-15-36(23)34)28-25(29-24)31-13-11-26(12-14-31)17-32(37(2,3)35)21-7-5-4-6-19(21)26/h4-7,18H,2,8-17H2,1,3H3,(H,27,28,29)/t18-,36?,37?/m0/s1. The number of amides is 1. The molecule has 5 heterocycles. The maximum atomic E-state index is 13.0. The summed E-state index contributed by atoms with van der Waals surface area (Å²) in [5, 5.41) is 3.52. The lowest BCUT2D eigenvalue weighted by atomic mass is 9.74. The van der Waals surface area contributed by atoms with Crippen molar-refractivity contribution in [1.29, 1.82) is 0 Å². The van der Waals surface area contributed by atoms with Crippen LogP contribution >= 0.6 is 0 Å². The molecule has 1 aromatic carbocycles. The van der Waals surface area contributed by atoms with E-state index >= 15 is 0 Å². The van der Waals surface area contributed by atoms with E-state index in [9.17, 15) is 13.2 Å². The predicted molar refractivity (Wildman–Crippen MR) is 149 cm³/mol. The van der Waals surface area contributed by atoms with Crippen molar-refractivity contribution in [3.8, 4) is 0 Å². The van der Waals surface area contributed by atoms with Gasteiger partial charge in [-0.2, -0.15) is 4.98 Å². The molecule has 1 aromatic heterocycles. The van der Waals surface area contributed by atoms with Gasteiger partial charge in [0, 0.05) is 79.2 Å². The summed E-state index contributed by atoms with van der Waals surface area (Å²) in [6, 6.07) is 8.37. The fourth-order valence-electron chi connectivity index (χ4n) is 6.24. The molecule has 3 atom stereocenters. The molecule has 2 fully saturated rings. The molecule has 6 rings (SSSR count). The molecule has 1 spiro atoms. The molecule has 4 aliphatic rings. The molecule has 0 radical (unpaired) electrons. The predicted octanol–water partition coefficient (Wildman–Crippen LogP) is 1.79. The Hall–Kier alpha value is -2.66. The second-order valence-electron chi connectivity index (χ2n) is 10.9. The number of aryl methyl sites for hydroxylation is 1. The number of piperidine rings is 2. The molecule has 1 amide bonds. The average Bonchev–Trinajstić information content (AvgIpc) is 3.40. The molecular formula is C26H34N6O3S2. The quantitative estimate of drug-likeness (QED) is 0.588. The lowest BCUT2D eigenvalue weighted by Gasteiger charge is -2.40. The third-order valence-corrected chi connectivity index (χ3v) is 11.0. The van der Waals surface area contributed by atoms with Gasteiger partial charge in [0.05, 0.1) is 22.2 Å². The van der Waals surface area contributed by atoms with Crippen LogP contribution in [-0.4, -0.2) is 86.3 Å². The van der Waals surface area contributed by atoms with Crippen molar-refractivity contribution in [3.63, 3.8) is 0 Å². The molecule has 198 valence electrons. The van der Waals surface area contributed by atoms with Gasteiger partial charge in [-0.1, -0.05) is 18.2 Å². The zero-order valence-electron chi connectivity index (χ0n) is 21.4. The van der Waals surface area contributed by atoms with Gasteiger partial charge in [0.25, 0.3) is 0 Å². The molecule has 4 aliphatic heterocycles. The first-order chi connectivity index (χ1) is 17.6. The van der Waals surface area contributed by atoms with Crippen molar-refractivity contribution < 1.29 is 13.2 Å². The topological polar surface area (TPSA) is 98.7 Å². The fraction of sp³-hybridized carbons (Fsp3) is 0.538. The number of hydrogen-bond acceptors (Lipinski definition) is 7. The van der Waals surface area contributed by atoms with Crippen LogP contribution in [0.5, 0.6) is 0 Å². The van der Waals surface area contributed by atoms with Gasteiger partial charge < -0.3 is 15.1 Å². The van der Waals surface area contributed by atoms with Gasteiger partial charge in [0.2, 0.25) is 11.9 Å². The van der Waals surface area contributed by atoms with E-state index in [1.165, 1.54) is 5.56 Å². The van der Waals surface area contributed by atoms with Crippen LogP contribution in [0.3, 0.4) is 0 Å². The van der Waals surface area contributed by atoms with E-state index in [-0.39, 0.29) is 17.4 Å². The Balaban J connectivity index is 1.25. The minimum absolute atomic E-state index is 0.0675. The molecule has 2 aromatic rings. The van der Waals surface area contributed by atoms with Crippen molar-refractivity contribution in [1.82, 2.24) is 14.9 Å². The van der Waals surface area contributed by atoms with Crippen molar-refractivity contribution in [2.75, 3.05) is 59.8 Å². The number of hydrogen-bond donors (Lipinski definition) is 1. The monoisotopic (exact) mass is 542 g/mol. The summed E-state index contributed by atoms with van der Waals surface area (Å²) < 4.78 is 27.8. The summed E-state index contributed by atoms with van der Waals surface area (Å²) >= 11 is 0. The summed E-state index contributed by atoms with van der Waals surface area (Å²) in [5.41, 5.74) is 3.10. The molecule has 0 saturated carbocycles. The molecular weight excluding hydrogens is 508 g/mol. The Morgan fingerprint density at radius 3 is 2.68 bits per heavy atom. The van der Waals surface area contributed by atoms with Crippen LogP contribution in [0.2, 0.25) is 0 Å². The first-order valence-electron chi connectivity index (χ1n) is 12.9. The Kier molecular flexibility index (Phi) is 5.98. The van der Waals surface area contributed by atoms with Gasteiger partial charge in [-0.05, 0) is 36.8 Å². The van der Waals surface area contributed by atoms with Crippen LogP contribution in [0.4, 0.5) is 17.5 Å². The second kappa shape index (κ2) is 8.97. The lowest BCUT2D eigenvalue weighted by Crippen LogP contribution is -2.46. The first kappa shape index (κ1) is 24.7. The van der Waals surface area contributed by atoms with E-state index in [2.05, 4.69) is 34.3 Å². The third kappa shape index (κ3) is 4.29. The van der Waals surface area contributed by atoms with Gasteiger partial charge in [-0.3, -0.25) is 13.3 Å². The number of para-hydroxylation sites is 1. The third-order valence-electron chi connectivity index (χ3n) is 8.30. The fourth-order valence-corrected chi connectivity index (χ4v) is 8.65. The highest BCUT2D eigenvalue weighted by Crippen LogP contribution is 2.48. The normalized spacial score (nSPS) is 26.2. The van der Waals surface area contributed by atoms with Gasteiger partial charge in [0.15, 0.2) is 0 Å². The van der Waals surface area contributed by atoms with E-state index in [0.29, 0.717) is 43.5 Å². The highest BCUT2D eigenvalue weighted by atomic mass is 32.2. The Bertz CT molecular complexity index is 1390. The molecule has 1 N–H and O–H groups in total. The number of carbonyl (C=O) groups is 1. The van der Waals surface area contributed by atoms with E-state index in [0.717, 1.165) is 48.6 Å². The minimum Gasteiger partial charge on any atom is -0.364 e. The highest BCUT2D eigenvalue weighted by molar-refractivity contribution is 8.00. The molecule has 11 heteroatoms. The number of likely N-dealkylation sites (N-methyl/N-ethyl adjacent to an activating group) is 1. The first-order valence-corrected chi connectivity index (χ1v) is 16.3. The van der Waals surface area contributed by atoms with Crippen molar-refractivity contribution in [3.05, 3.63) is 35.5 Å². The number of carbonyl (C=O) groups excluding carboxylic acids is 1. The number of benzene rings is 1. The van der Waals surface area contributed by atoms with E-state index < -0.39 is 20.5 Å². The van der Waals surface area contributed by atoms with Crippen molar-refractivity contribution in [2.24, 2.45) is 0 Å². The van der Waals surface area contributed by atoms with Gasteiger partial charge in [0.1, 0.15) is 10.7 Å². The van der Waals surface area contributed by atoms with E-state index in [4.69, 9.17) is 9.97 Å². The van der Waals surface area contributed by atoms with E-state index in [1.54, 1.807) is 11.2 Å². The molecule has 0 bridgehead atoms. The van der Waals surface area contributed by atoms with Gasteiger partial charge >= 0.3 is 0 Å². The summed E-state index contributed by atoms with van der Waals surface area (Å²) in [6.07, 6.45) is 5.44. The number of nitrogens with one attached hydrogen (secondary N) is 1. The van der Waals surface area contributed by atoms with Crippen molar-refractivity contribution in [2.45, 2.75) is 48.5 Å². The van der Waals surface area contributed by atoms with Gasteiger partial charge in [-0.15, -0.1) is 0 Å². The van der Waals surface area contributed by atoms with Crippen LogP contribution in [0.25, 0.3) is 0 Å². The minimum atomic E-state index is -2.36. The van der Waals surface area contributed by atoms with Crippen molar-refractivity contribution >= 4 is 49.7 Å². The summed E-state index contributed by atoms with van der Waals surface area (Å²) in [7, 11) is -1.65. The number of anilines is 3. The lowest BCUT2D eigenvalue weighted by molar-refractivity contribution is -0.132. The highest BCUT2D eigenvalue weighted by Gasteiger charge is 2.46. The van der Waals surface area contributed by atoms with Crippen LogP contribution in [-0.2, 0) is 37.1 Å². The Labute approximate surface area is 221 Å². The zero-order valence-corrected chi connectivity index (χ0v) is 23.1. The number of rotatable bonds is 4. The zero-order chi connectivity index (χ0) is 25.9. The van der Waals surface area contributed by atoms with Crippen LogP contribution in [0, 0.1) is 0 Å².